The van der Waals surface area contributed by atoms with Crippen LogP contribution in [-0.2, 0) is 6.54 Å². The highest BCUT2D eigenvalue weighted by atomic mass is 19.1. The van der Waals surface area contributed by atoms with Crippen LogP contribution in [0.25, 0.3) is 0 Å². The Hall–Kier alpha value is -2.10. The van der Waals surface area contributed by atoms with E-state index in [1.165, 1.54) is 6.07 Å². The molecular formula is C13H13FN2O. The van der Waals surface area contributed by atoms with Crippen molar-refractivity contribution in [1.82, 2.24) is 4.98 Å². The van der Waals surface area contributed by atoms with Gasteiger partial charge in [-0.05, 0) is 24.6 Å². The van der Waals surface area contributed by atoms with Crippen LogP contribution in [0.1, 0.15) is 11.1 Å². The molecule has 88 valence electrons. The smallest absolute Gasteiger partial charge is 0.165 e. The number of phenols is 1. The first-order valence-corrected chi connectivity index (χ1v) is 5.28. The molecule has 0 spiro atoms. The zero-order chi connectivity index (χ0) is 12.3. The van der Waals surface area contributed by atoms with Crippen LogP contribution >= 0.6 is 0 Å². The standard InChI is InChI=1S/C13H13FN2O/c1-9-5-11(8-15-6-9)16-7-10-3-2-4-12(14)13(10)17/h2-6,8,16-17H,7H2,1H3. The van der Waals surface area contributed by atoms with Gasteiger partial charge >= 0.3 is 0 Å². The third-order valence-corrected chi connectivity index (χ3v) is 2.43. The highest BCUT2D eigenvalue weighted by Gasteiger charge is 2.05. The molecule has 2 N–H and O–H groups in total. The molecule has 0 unspecified atom stereocenters. The number of aromatic nitrogens is 1. The molecule has 0 saturated heterocycles. The normalized spacial score (nSPS) is 10.2. The van der Waals surface area contributed by atoms with Gasteiger partial charge in [0.1, 0.15) is 0 Å². The van der Waals surface area contributed by atoms with Crippen molar-refractivity contribution in [3.63, 3.8) is 0 Å². The molecular weight excluding hydrogens is 219 g/mol. The van der Waals surface area contributed by atoms with Gasteiger partial charge in [0.25, 0.3) is 0 Å². The molecule has 1 heterocycles. The Kier molecular flexibility index (Phi) is 3.23. The van der Waals surface area contributed by atoms with Gasteiger partial charge in [0.15, 0.2) is 11.6 Å². The van der Waals surface area contributed by atoms with Gasteiger partial charge < -0.3 is 10.4 Å². The molecule has 0 amide bonds. The molecule has 0 bridgehead atoms. The number of hydrogen-bond acceptors (Lipinski definition) is 3. The van der Waals surface area contributed by atoms with Crippen molar-refractivity contribution in [2.24, 2.45) is 0 Å². The quantitative estimate of drug-likeness (QED) is 0.855. The van der Waals surface area contributed by atoms with Crippen LogP contribution in [0.4, 0.5) is 10.1 Å². The summed E-state index contributed by atoms with van der Waals surface area (Å²) in [6.07, 6.45) is 3.44. The Bertz CT molecular complexity index is 529. The maximum Gasteiger partial charge on any atom is 0.165 e. The number of pyridine rings is 1. The molecule has 1 aromatic carbocycles. The van der Waals surface area contributed by atoms with Crippen molar-refractivity contribution in [1.29, 1.82) is 0 Å². The summed E-state index contributed by atoms with van der Waals surface area (Å²) in [6, 6.07) is 6.41. The number of hydrogen-bond donors (Lipinski definition) is 2. The van der Waals surface area contributed by atoms with E-state index in [1.54, 1.807) is 24.5 Å². The van der Waals surface area contributed by atoms with E-state index in [9.17, 15) is 9.50 Å². The second kappa shape index (κ2) is 4.82. The fraction of sp³-hybridized carbons (Fsp3) is 0.154. The lowest BCUT2D eigenvalue weighted by molar-refractivity contribution is 0.427. The molecule has 0 aliphatic heterocycles. The first-order chi connectivity index (χ1) is 8.16. The van der Waals surface area contributed by atoms with Gasteiger partial charge in [0.2, 0.25) is 0 Å². The number of rotatable bonds is 3. The number of anilines is 1. The van der Waals surface area contributed by atoms with Crippen LogP contribution in [0.15, 0.2) is 36.7 Å². The number of phenolic OH excluding ortho intramolecular Hbond substituents is 1. The molecule has 0 aliphatic carbocycles. The maximum atomic E-state index is 13.1. The van der Waals surface area contributed by atoms with Crippen molar-refractivity contribution in [2.75, 3.05) is 5.32 Å². The zero-order valence-corrected chi connectivity index (χ0v) is 9.44. The minimum atomic E-state index is -0.605. The van der Waals surface area contributed by atoms with Gasteiger partial charge in [-0.25, -0.2) is 4.39 Å². The molecule has 0 radical (unpaired) electrons. The molecule has 2 aromatic rings. The Labute approximate surface area is 98.9 Å². The first-order valence-electron chi connectivity index (χ1n) is 5.28. The lowest BCUT2D eigenvalue weighted by Crippen LogP contribution is -2.01. The van der Waals surface area contributed by atoms with Gasteiger partial charge in [0.05, 0.1) is 5.69 Å². The largest absolute Gasteiger partial charge is 0.505 e. The summed E-state index contributed by atoms with van der Waals surface area (Å²) in [4.78, 5) is 4.04. The average Bonchev–Trinajstić information content (AvgIpc) is 2.31. The van der Waals surface area contributed by atoms with Crippen molar-refractivity contribution >= 4 is 5.69 Å². The van der Waals surface area contributed by atoms with E-state index in [-0.39, 0.29) is 5.75 Å². The zero-order valence-electron chi connectivity index (χ0n) is 9.44. The second-order valence-corrected chi connectivity index (χ2v) is 3.85. The highest BCUT2D eigenvalue weighted by molar-refractivity contribution is 5.44. The van der Waals surface area contributed by atoms with Gasteiger partial charge in [0, 0.05) is 24.5 Å². The predicted octanol–water partition coefficient (Wildman–Crippen LogP) is 2.85. The van der Waals surface area contributed by atoms with Crippen molar-refractivity contribution in [3.05, 3.63) is 53.6 Å². The summed E-state index contributed by atoms with van der Waals surface area (Å²) >= 11 is 0. The average molecular weight is 232 g/mol. The SMILES string of the molecule is Cc1cncc(NCc2cccc(F)c2O)c1. The van der Waals surface area contributed by atoms with Crippen molar-refractivity contribution in [3.8, 4) is 5.75 Å². The molecule has 4 heteroatoms. The van der Waals surface area contributed by atoms with E-state index in [0.717, 1.165) is 11.3 Å². The summed E-state index contributed by atoms with van der Waals surface area (Å²) in [7, 11) is 0. The minimum absolute atomic E-state index is 0.305. The summed E-state index contributed by atoms with van der Waals surface area (Å²) in [5.74, 6) is -0.910. The van der Waals surface area contributed by atoms with E-state index >= 15 is 0 Å². The van der Waals surface area contributed by atoms with E-state index in [0.29, 0.717) is 12.1 Å². The Morgan fingerprint density at radius 1 is 1.35 bits per heavy atom. The van der Waals surface area contributed by atoms with Crippen LogP contribution in [0.5, 0.6) is 5.75 Å². The van der Waals surface area contributed by atoms with Crippen molar-refractivity contribution < 1.29 is 9.50 Å². The number of para-hydroxylation sites is 1. The lowest BCUT2D eigenvalue weighted by atomic mass is 10.2. The van der Waals surface area contributed by atoms with Gasteiger partial charge in [-0.3, -0.25) is 4.98 Å². The predicted molar refractivity (Wildman–Crippen MR) is 64.4 cm³/mol. The minimum Gasteiger partial charge on any atom is -0.505 e. The van der Waals surface area contributed by atoms with Gasteiger partial charge in [-0.1, -0.05) is 12.1 Å². The van der Waals surface area contributed by atoms with Crippen LogP contribution in [-0.4, -0.2) is 10.1 Å². The first kappa shape index (κ1) is 11.4. The number of nitrogens with zero attached hydrogens (tertiary/aromatic N) is 1. The Morgan fingerprint density at radius 3 is 2.94 bits per heavy atom. The van der Waals surface area contributed by atoms with Crippen LogP contribution in [0, 0.1) is 12.7 Å². The van der Waals surface area contributed by atoms with Crippen LogP contribution < -0.4 is 5.32 Å². The summed E-state index contributed by atoms with van der Waals surface area (Å²) in [6.45, 7) is 2.30. The third kappa shape index (κ3) is 2.72. The van der Waals surface area contributed by atoms with Crippen LogP contribution in [0.3, 0.4) is 0 Å². The number of aromatic hydroxyl groups is 1. The molecule has 0 atom stereocenters. The number of aryl methyl sites for hydroxylation is 1. The molecule has 0 fully saturated rings. The van der Waals surface area contributed by atoms with E-state index in [2.05, 4.69) is 10.3 Å². The fourth-order valence-electron chi connectivity index (χ4n) is 1.55. The summed E-state index contributed by atoms with van der Waals surface area (Å²) in [5, 5.41) is 12.6. The van der Waals surface area contributed by atoms with Gasteiger partial charge in [-0.2, -0.15) is 0 Å². The molecule has 3 nitrogen and oxygen atoms in total. The van der Waals surface area contributed by atoms with Crippen molar-refractivity contribution in [2.45, 2.75) is 13.5 Å². The molecule has 17 heavy (non-hydrogen) atoms. The molecule has 0 aliphatic rings. The fourth-order valence-corrected chi connectivity index (χ4v) is 1.55. The third-order valence-electron chi connectivity index (χ3n) is 2.43. The van der Waals surface area contributed by atoms with E-state index < -0.39 is 5.82 Å². The number of benzene rings is 1. The molecule has 1 aromatic heterocycles. The Balaban J connectivity index is 2.10. The summed E-state index contributed by atoms with van der Waals surface area (Å²) < 4.78 is 13.1. The molecule has 2 rings (SSSR count). The maximum absolute atomic E-state index is 13.1. The number of nitrogens with one attached hydrogen (secondary N) is 1. The topological polar surface area (TPSA) is 45.2 Å². The monoisotopic (exact) mass is 232 g/mol. The highest BCUT2D eigenvalue weighted by Crippen LogP contribution is 2.21. The second-order valence-electron chi connectivity index (χ2n) is 3.85. The Morgan fingerprint density at radius 2 is 2.18 bits per heavy atom. The van der Waals surface area contributed by atoms with E-state index in [1.807, 2.05) is 13.0 Å². The lowest BCUT2D eigenvalue weighted by Gasteiger charge is -2.08. The van der Waals surface area contributed by atoms with Gasteiger partial charge in [-0.15, -0.1) is 0 Å². The summed E-state index contributed by atoms with van der Waals surface area (Å²) in [5.41, 5.74) is 2.40. The van der Waals surface area contributed by atoms with Crippen LogP contribution in [0.2, 0.25) is 0 Å². The molecule has 0 saturated carbocycles. The van der Waals surface area contributed by atoms with E-state index in [4.69, 9.17) is 0 Å². The number of halogens is 1.